The highest BCUT2D eigenvalue weighted by Crippen LogP contribution is 2.60. The second-order valence-electron chi connectivity index (χ2n) is 8.08. The second-order valence-corrected chi connectivity index (χ2v) is 8.08. The Morgan fingerprint density at radius 3 is 2.64 bits per heavy atom. The lowest BCUT2D eigenvalue weighted by molar-refractivity contribution is 0.0721. The van der Waals surface area contributed by atoms with Crippen LogP contribution < -0.4 is 0 Å². The monoisotopic (exact) mass is 374 g/mol. The Bertz CT molecular complexity index is 829. The van der Waals surface area contributed by atoms with Gasteiger partial charge in [0.25, 0.3) is 0 Å². The highest BCUT2D eigenvalue weighted by Gasteiger charge is 2.63. The minimum atomic E-state index is -0.202. The van der Waals surface area contributed by atoms with E-state index in [0.29, 0.717) is 11.8 Å². The first-order valence-corrected chi connectivity index (χ1v) is 10.7. The van der Waals surface area contributed by atoms with Crippen molar-refractivity contribution < 1.29 is 0 Å². The molecular formula is C26H34N2. The number of allylic oxidation sites excluding steroid dienone is 3. The Kier molecular flexibility index (Phi) is 6.17. The smallest absolute Gasteiger partial charge is 0.0789 e. The van der Waals surface area contributed by atoms with Crippen LogP contribution in [0.25, 0.3) is 0 Å². The summed E-state index contributed by atoms with van der Waals surface area (Å²) in [5.74, 6) is 1.05. The largest absolute Gasteiger partial charge is 0.285 e. The Labute approximate surface area is 170 Å². The number of benzene rings is 1. The summed E-state index contributed by atoms with van der Waals surface area (Å²) in [5.41, 5.74) is 4.70. The first-order chi connectivity index (χ1) is 13.6. The van der Waals surface area contributed by atoms with Crippen LogP contribution in [0.1, 0.15) is 64.0 Å². The molecule has 0 bridgehead atoms. The van der Waals surface area contributed by atoms with Crippen molar-refractivity contribution in [3.63, 3.8) is 0 Å². The van der Waals surface area contributed by atoms with Crippen molar-refractivity contribution in [2.75, 3.05) is 0 Å². The zero-order valence-corrected chi connectivity index (χ0v) is 17.9. The molecule has 2 aliphatic rings. The summed E-state index contributed by atoms with van der Waals surface area (Å²) in [6.45, 7) is 16.9. The van der Waals surface area contributed by atoms with Gasteiger partial charge < -0.3 is 0 Å². The molecule has 5 unspecified atom stereocenters. The fraction of sp³-hybridized carbons (Fsp3) is 0.462. The molecular weight excluding hydrogens is 340 g/mol. The van der Waals surface area contributed by atoms with Crippen LogP contribution in [0.5, 0.6) is 0 Å². The van der Waals surface area contributed by atoms with Crippen molar-refractivity contribution in [1.82, 2.24) is 0 Å². The van der Waals surface area contributed by atoms with Crippen LogP contribution in [0.2, 0.25) is 0 Å². The summed E-state index contributed by atoms with van der Waals surface area (Å²) in [6.07, 6.45) is 11.6. The van der Waals surface area contributed by atoms with Gasteiger partial charge in [0.2, 0.25) is 0 Å². The van der Waals surface area contributed by atoms with Gasteiger partial charge in [-0.25, -0.2) is 0 Å². The quantitative estimate of drug-likeness (QED) is 0.364. The average Bonchev–Trinajstić information content (AvgIpc) is 2.71. The van der Waals surface area contributed by atoms with Crippen LogP contribution in [0.3, 0.4) is 0 Å². The van der Waals surface area contributed by atoms with E-state index in [2.05, 4.69) is 83.3 Å². The van der Waals surface area contributed by atoms with Gasteiger partial charge in [0.05, 0.1) is 11.6 Å². The SMILES string of the molecule is C=CC(CC)=NC1(CC(/C=C\C)CC)C(C=C)C2N=C(C)c3ccccc3C21. The summed E-state index contributed by atoms with van der Waals surface area (Å²) >= 11 is 0. The third kappa shape index (κ3) is 3.23. The summed E-state index contributed by atoms with van der Waals surface area (Å²) in [5, 5.41) is 0. The Hall–Kier alpha value is -2.22. The lowest BCUT2D eigenvalue weighted by atomic mass is 9.49. The van der Waals surface area contributed by atoms with Gasteiger partial charge in [-0.3, -0.25) is 9.98 Å². The van der Waals surface area contributed by atoms with Crippen molar-refractivity contribution in [3.8, 4) is 0 Å². The molecule has 1 aromatic rings. The minimum absolute atomic E-state index is 0.202. The van der Waals surface area contributed by atoms with Crippen LogP contribution in [0, 0.1) is 11.8 Å². The van der Waals surface area contributed by atoms with E-state index in [-0.39, 0.29) is 17.5 Å². The highest BCUT2D eigenvalue weighted by atomic mass is 15.0. The van der Waals surface area contributed by atoms with E-state index in [1.165, 1.54) is 11.1 Å². The molecule has 1 aliphatic carbocycles. The summed E-state index contributed by atoms with van der Waals surface area (Å²) in [4.78, 5) is 10.5. The van der Waals surface area contributed by atoms with Crippen LogP contribution in [-0.4, -0.2) is 23.0 Å². The molecule has 1 saturated carbocycles. The van der Waals surface area contributed by atoms with Crippen molar-refractivity contribution in [2.45, 2.75) is 64.5 Å². The number of nitrogens with zero attached hydrogens (tertiary/aromatic N) is 2. The van der Waals surface area contributed by atoms with Gasteiger partial charge in [0.15, 0.2) is 0 Å². The molecule has 0 radical (unpaired) electrons. The molecule has 0 saturated heterocycles. The molecule has 0 amide bonds. The first kappa shape index (κ1) is 20.5. The van der Waals surface area contributed by atoms with E-state index in [4.69, 9.17) is 9.98 Å². The number of rotatable bonds is 8. The van der Waals surface area contributed by atoms with Crippen LogP contribution >= 0.6 is 0 Å². The number of hydrogen-bond acceptors (Lipinski definition) is 2. The minimum Gasteiger partial charge on any atom is -0.285 e. The van der Waals surface area contributed by atoms with E-state index in [1.54, 1.807) is 0 Å². The fourth-order valence-corrected chi connectivity index (χ4v) is 5.26. The highest BCUT2D eigenvalue weighted by molar-refractivity contribution is 6.02. The van der Waals surface area contributed by atoms with Gasteiger partial charge in [-0.2, -0.15) is 0 Å². The Morgan fingerprint density at radius 1 is 1.29 bits per heavy atom. The predicted octanol–water partition coefficient (Wildman–Crippen LogP) is 6.55. The van der Waals surface area contributed by atoms with Gasteiger partial charge >= 0.3 is 0 Å². The topological polar surface area (TPSA) is 24.7 Å². The molecule has 3 rings (SSSR count). The molecule has 2 nitrogen and oxygen atoms in total. The number of hydrogen-bond donors (Lipinski definition) is 0. The number of aliphatic imine (C=N–C) groups is 2. The van der Waals surface area contributed by atoms with Gasteiger partial charge in [-0.05, 0) is 56.2 Å². The molecule has 28 heavy (non-hydrogen) atoms. The van der Waals surface area contributed by atoms with Gasteiger partial charge in [0, 0.05) is 23.3 Å². The van der Waals surface area contributed by atoms with Gasteiger partial charge in [-0.1, -0.05) is 62.9 Å². The van der Waals surface area contributed by atoms with Crippen molar-refractivity contribution in [2.24, 2.45) is 21.8 Å². The Morgan fingerprint density at radius 2 is 2.04 bits per heavy atom. The molecule has 1 aromatic carbocycles. The molecule has 1 fully saturated rings. The maximum Gasteiger partial charge on any atom is 0.0789 e. The normalized spacial score (nSPS) is 30.1. The summed E-state index contributed by atoms with van der Waals surface area (Å²) in [7, 11) is 0. The van der Waals surface area contributed by atoms with Crippen molar-refractivity contribution >= 4 is 11.4 Å². The molecule has 0 spiro atoms. The molecule has 0 N–H and O–H groups in total. The predicted molar refractivity (Wildman–Crippen MR) is 123 cm³/mol. The van der Waals surface area contributed by atoms with Crippen molar-refractivity contribution in [1.29, 1.82) is 0 Å². The third-order valence-corrected chi connectivity index (χ3v) is 6.64. The summed E-state index contributed by atoms with van der Waals surface area (Å²) < 4.78 is 0. The van der Waals surface area contributed by atoms with Crippen molar-refractivity contribution in [3.05, 3.63) is 72.9 Å². The molecule has 5 atom stereocenters. The average molecular weight is 375 g/mol. The number of fused-ring (bicyclic) bond motifs is 3. The van der Waals surface area contributed by atoms with Crippen LogP contribution in [0.4, 0.5) is 0 Å². The second kappa shape index (κ2) is 8.43. The Balaban J connectivity index is 2.19. The maximum absolute atomic E-state index is 5.41. The lowest BCUT2D eigenvalue weighted by Crippen LogP contribution is -2.63. The first-order valence-electron chi connectivity index (χ1n) is 10.7. The molecule has 1 aliphatic heterocycles. The zero-order chi connectivity index (χ0) is 20.3. The summed E-state index contributed by atoms with van der Waals surface area (Å²) in [6, 6.07) is 8.99. The molecule has 148 valence electrons. The maximum atomic E-state index is 5.41. The van der Waals surface area contributed by atoms with E-state index in [1.807, 2.05) is 6.08 Å². The zero-order valence-electron chi connectivity index (χ0n) is 17.9. The fourth-order valence-electron chi connectivity index (χ4n) is 5.26. The third-order valence-electron chi connectivity index (χ3n) is 6.64. The van der Waals surface area contributed by atoms with Gasteiger partial charge in [-0.15, -0.1) is 6.58 Å². The molecule has 0 aromatic heterocycles. The lowest BCUT2D eigenvalue weighted by Gasteiger charge is -2.60. The van der Waals surface area contributed by atoms with E-state index in [9.17, 15) is 0 Å². The molecule has 1 heterocycles. The standard InChI is InChI=1S/C26H34N2/c1-7-14-19(8-2)17-26(28-20(9-3)10-4)23(11-5)25-24(26)22-16-13-12-15-21(22)18(6)27-25/h7,9,11-16,19,23-25H,3,5,8,10,17H2,1-2,4,6H3/b14-7-,28-20?. The van der Waals surface area contributed by atoms with E-state index in [0.717, 1.165) is 30.7 Å². The van der Waals surface area contributed by atoms with Crippen LogP contribution in [-0.2, 0) is 0 Å². The molecule has 2 heteroatoms. The van der Waals surface area contributed by atoms with E-state index >= 15 is 0 Å². The van der Waals surface area contributed by atoms with Crippen LogP contribution in [0.15, 0.2) is 71.7 Å². The van der Waals surface area contributed by atoms with Gasteiger partial charge in [0.1, 0.15) is 0 Å². The van der Waals surface area contributed by atoms with E-state index < -0.39 is 0 Å².